The van der Waals surface area contributed by atoms with Crippen LogP contribution < -0.4 is 10.2 Å². The maximum atomic E-state index is 10.4. The summed E-state index contributed by atoms with van der Waals surface area (Å²) in [7, 11) is 0. The lowest BCUT2D eigenvalue weighted by atomic mass is 9.95. The van der Waals surface area contributed by atoms with Crippen molar-refractivity contribution in [3.8, 4) is 0 Å². The highest BCUT2D eigenvalue weighted by atomic mass is 35.5. The molecule has 7 heteroatoms. The van der Waals surface area contributed by atoms with Gasteiger partial charge in [0.25, 0.3) is 0 Å². The molecule has 5 rings (SSSR count). The van der Waals surface area contributed by atoms with E-state index in [4.69, 9.17) is 18.2 Å². The van der Waals surface area contributed by atoms with Crippen molar-refractivity contribution in [2.45, 2.75) is 32.4 Å². The fraction of sp³-hybridized carbons (Fsp3) is 0.375. The lowest BCUT2D eigenvalue weighted by molar-refractivity contribution is 0.0791. The Bertz CT molecular complexity index is 1180. The van der Waals surface area contributed by atoms with Gasteiger partial charge in [-0.1, -0.05) is 35.9 Å². The van der Waals surface area contributed by atoms with Gasteiger partial charge in [0.1, 0.15) is 0 Å². The van der Waals surface area contributed by atoms with E-state index >= 15 is 0 Å². The standard InChI is InChI=1S/C24H24ClN5O/c1-14-3-4-15(9-21(14)25)11-27-23-20-10-18(26-2)7-8-19(20)24(29-28-23)30-12-16-5-6-17(13-30)22(16)31/h3-4,7-10,16-17,22,31H,5-6,11-13H2,1H3,(H,27,28). The third-order valence-corrected chi connectivity index (χ3v) is 7.06. The van der Waals surface area contributed by atoms with Gasteiger partial charge in [0, 0.05) is 47.3 Å². The molecule has 0 radical (unpaired) electrons. The number of aromatic nitrogens is 2. The first kappa shape index (κ1) is 20.0. The summed E-state index contributed by atoms with van der Waals surface area (Å²) in [5, 5.41) is 25.5. The average molecular weight is 434 g/mol. The van der Waals surface area contributed by atoms with E-state index in [1.54, 1.807) is 0 Å². The second-order valence-corrected chi connectivity index (χ2v) is 9.05. The minimum atomic E-state index is -0.202. The van der Waals surface area contributed by atoms with Gasteiger partial charge in [0.15, 0.2) is 17.3 Å². The van der Waals surface area contributed by atoms with Gasteiger partial charge in [0.05, 0.1) is 12.7 Å². The fourth-order valence-corrected chi connectivity index (χ4v) is 5.06. The number of aliphatic hydroxyl groups excluding tert-OH is 1. The van der Waals surface area contributed by atoms with E-state index in [-0.39, 0.29) is 6.10 Å². The topological polar surface area (TPSA) is 65.6 Å². The van der Waals surface area contributed by atoms with Crippen LogP contribution in [0.1, 0.15) is 24.0 Å². The van der Waals surface area contributed by atoms with E-state index in [9.17, 15) is 5.11 Å². The van der Waals surface area contributed by atoms with Crippen molar-refractivity contribution in [3.63, 3.8) is 0 Å². The van der Waals surface area contributed by atoms with Gasteiger partial charge in [-0.25, -0.2) is 4.85 Å². The van der Waals surface area contributed by atoms with Gasteiger partial charge >= 0.3 is 0 Å². The van der Waals surface area contributed by atoms with Crippen LogP contribution in [0.4, 0.5) is 17.3 Å². The molecule has 2 N–H and O–H groups in total. The Kier molecular flexibility index (Phi) is 5.17. The van der Waals surface area contributed by atoms with Crippen molar-refractivity contribution in [2.24, 2.45) is 11.8 Å². The highest BCUT2D eigenvalue weighted by Gasteiger charge is 2.41. The van der Waals surface area contributed by atoms with E-state index in [1.807, 2.05) is 43.3 Å². The highest BCUT2D eigenvalue weighted by Crippen LogP contribution is 2.40. The number of halogens is 1. The van der Waals surface area contributed by atoms with Crippen molar-refractivity contribution < 1.29 is 5.11 Å². The molecule has 2 fully saturated rings. The van der Waals surface area contributed by atoms with E-state index in [0.29, 0.717) is 29.9 Å². The third-order valence-electron chi connectivity index (χ3n) is 6.65. The first-order valence-corrected chi connectivity index (χ1v) is 11.0. The van der Waals surface area contributed by atoms with Gasteiger partial charge in [-0.05, 0) is 43.0 Å². The first-order valence-electron chi connectivity index (χ1n) is 10.6. The summed E-state index contributed by atoms with van der Waals surface area (Å²) in [6.07, 6.45) is 1.93. The summed E-state index contributed by atoms with van der Waals surface area (Å²) in [5.41, 5.74) is 2.67. The molecular weight excluding hydrogens is 410 g/mol. The summed E-state index contributed by atoms with van der Waals surface area (Å²) < 4.78 is 0. The molecule has 6 nitrogen and oxygen atoms in total. The number of aliphatic hydroxyl groups is 1. The number of hydrogen-bond acceptors (Lipinski definition) is 5. The molecule has 2 unspecified atom stereocenters. The Morgan fingerprint density at radius 3 is 2.61 bits per heavy atom. The number of piperidine rings is 1. The molecule has 2 atom stereocenters. The van der Waals surface area contributed by atoms with Gasteiger partial charge < -0.3 is 15.3 Å². The number of nitrogens with zero attached hydrogens (tertiary/aromatic N) is 4. The lowest BCUT2D eigenvalue weighted by Gasteiger charge is -2.36. The maximum Gasteiger partial charge on any atom is 0.188 e. The molecule has 1 saturated carbocycles. The van der Waals surface area contributed by atoms with Crippen LogP contribution >= 0.6 is 11.6 Å². The molecule has 2 bridgehead atoms. The molecule has 3 aromatic rings. The van der Waals surface area contributed by atoms with Crippen LogP contribution in [0.2, 0.25) is 5.02 Å². The summed E-state index contributed by atoms with van der Waals surface area (Å²) in [6, 6.07) is 11.7. The molecule has 2 heterocycles. The smallest absolute Gasteiger partial charge is 0.188 e. The number of hydrogen-bond donors (Lipinski definition) is 2. The van der Waals surface area contributed by atoms with Gasteiger partial charge in [-0.3, -0.25) is 0 Å². The molecule has 1 aromatic heterocycles. The van der Waals surface area contributed by atoms with Crippen molar-refractivity contribution >= 4 is 39.7 Å². The van der Waals surface area contributed by atoms with Crippen LogP contribution in [0.3, 0.4) is 0 Å². The SMILES string of the molecule is [C-]#[N+]c1ccc2c(N3CC4CCC(C3)C4O)nnc(NCc3ccc(C)c(Cl)c3)c2c1. The van der Waals surface area contributed by atoms with Crippen LogP contribution in [0, 0.1) is 25.3 Å². The molecule has 2 aliphatic rings. The maximum absolute atomic E-state index is 10.4. The van der Waals surface area contributed by atoms with Crippen LogP contribution in [-0.4, -0.2) is 34.5 Å². The van der Waals surface area contributed by atoms with Crippen molar-refractivity contribution in [3.05, 3.63) is 64.0 Å². The van der Waals surface area contributed by atoms with Crippen molar-refractivity contribution in [1.29, 1.82) is 0 Å². The Hall–Kier alpha value is -2.88. The molecule has 1 aliphatic carbocycles. The Morgan fingerprint density at radius 2 is 1.90 bits per heavy atom. The van der Waals surface area contributed by atoms with Gasteiger partial charge in [-0.15, -0.1) is 10.2 Å². The lowest BCUT2D eigenvalue weighted by Crippen LogP contribution is -2.45. The monoisotopic (exact) mass is 433 g/mol. The summed E-state index contributed by atoms with van der Waals surface area (Å²) >= 11 is 6.26. The minimum Gasteiger partial charge on any atom is -0.392 e. The average Bonchev–Trinajstić information content (AvgIpc) is 2.99. The number of anilines is 2. The molecule has 1 aliphatic heterocycles. The third kappa shape index (κ3) is 3.69. The van der Waals surface area contributed by atoms with Crippen molar-refractivity contribution in [1.82, 2.24) is 10.2 Å². The zero-order valence-corrected chi connectivity index (χ0v) is 18.1. The van der Waals surface area contributed by atoms with E-state index in [1.165, 1.54) is 0 Å². The van der Waals surface area contributed by atoms with Crippen LogP contribution in [0.5, 0.6) is 0 Å². The zero-order valence-electron chi connectivity index (χ0n) is 17.3. The molecule has 158 valence electrons. The van der Waals surface area contributed by atoms with Gasteiger partial charge in [-0.2, -0.15) is 0 Å². The fourth-order valence-electron chi connectivity index (χ4n) is 4.86. The quantitative estimate of drug-likeness (QED) is 0.569. The number of fused-ring (bicyclic) bond motifs is 3. The molecule has 1 saturated heterocycles. The largest absolute Gasteiger partial charge is 0.392 e. The second kappa shape index (κ2) is 7.99. The molecule has 31 heavy (non-hydrogen) atoms. The molecule has 0 amide bonds. The van der Waals surface area contributed by atoms with Crippen LogP contribution in [0.25, 0.3) is 15.6 Å². The normalized spacial score (nSPS) is 22.5. The first-order chi connectivity index (χ1) is 15.0. The predicted octanol–water partition coefficient (Wildman–Crippen LogP) is 4.96. The molecule has 2 aromatic carbocycles. The second-order valence-electron chi connectivity index (χ2n) is 8.64. The van der Waals surface area contributed by atoms with Crippen LogP contribution in [0.15, 0.2) is 36.4 Å². The zero-order chi connectivity index (χ0) is 21.5. The van der Waals surface area contributed by atoms with E-state index in [0.717, 1.165) is 58.7 Å². The highest BCUT2D eigenvalue weighted by molar-refractivity contribution is 6.31. The number of benzene rings is 2. The molecule has 0 spiro atoms. The van der Waals surface area contributed by atoms with Crippen molar-refractivity contribution in [2.75, 3.05) is 23.3 Å². The number of aryl methyl sites for hydroxylation is 1. The Balaban J connectivity index is 1.49. The predicted molar refractivity (Wildman–Crippen MR) is 124 cm³/mol. The number of rotatable bonds is 4. The minimum absolute atomic E-state index is 0.202. The van der Waals surface area contributed by atoms with E-state index < -0.39 is 0 Å². The summed E-state index contributed by atoms with van der Waals surface area (Å²) in [5.74, 6) is 2.07. The van der Waals surface area contributed by atoms with Gasteiger partial charge in [0.2, 0.25) is 0 Å². The number of nitrogens with one attached hydrogen (secondary N) is 1. The summed E-state index contributed by atoms with van der Waals surface area (Å²) in [6.45, 7) is 11.5. The van der Waals surface area contributed by atoms with Crippen LogP contribution in [-0.2, 0) is 6.54 Å². The Labute approximate surface area is 186 Å². The molecular formula is C24H24ClN5O. The summed E-state index contributed by atoms with van der Waals surface area (Å²) in [4.78, 5) is 5.85. The Morgan fingerprint density at radius 1 is 1.13 bits per heavy atom. The van der Waals surface area contributed by atoms with E-state index in [2.05, 4.69) is 25.3 Å².